The second-order valence-electron chi connectivity index (χ2n) is 6.90. The van der Waals surface area contributed by atoms with Crippen molar-refractivity contribution in [2.75, 3.05) is 0 Å². The minimum atomic E-state index is 0.368. The Kier molecular flexibility index (Phi) is 7.23. The lowest BCUT2D eigenvalue weighted by atomic mass is 9.81. The van der Waals surface area contributed by atoms with Crippen molar-refractivity contribution < 1.29 is 0 Å². The van der Waals surface area contributed by atoms with Gasteiger partial charge >= 0.3 is 0 Å². The Hall–Kier alpha value is -0.540. The minimum Gasteiger partial charge on any atom is -0.311 e. The molecule has 0 heterocycles. The molecule has 0 radical (unpaired) electrons. The van der Waals surface area contributed by atoms with Gasteiger partial charge < -0.3 is 5.32 Å². The van der Waals surface area contributed by atoms with Gasteiger partial charge in [-0.15, -0.1) is 12.6 Å². The molecular weight excluding hydrogens is 288 g/mol. The fourth-order valence-electron chi connectivity index (χ4n) is 4.13. The smallest absolute Gasteiger partial charge is 0.0341 e. The maximum Gasteiger partial charge on any atom is 0.0341 e. The molecule has 1 saturated carbocycles. The van der Waals surface area contributed by atoms with E-state index < -0.39 is 0 Å². The van der Waals surface area contributed by atoms with E-state index in [0.29, 0.717) is 18.0 Å². The first kappa shape index (κ1) is 17.8. The molecule has 0 aliphatic heterocycles. The lowest BCUT2D eigenvalue weighted by molar-refractivity contribution is 0.326. The molecule has 0 saturated heterocycles. The standard InChI is InChI=1S/C19H32N2S/c1-4-20-14(2)19(17-12-8-9-13-18(17)22)15(3)21-16-10-6-5-7-11-16/h4,15-16,19,21-22H,1,5-13H2,2-3H3. The highest BCUT2D eigenvalue weighted by atomic mass is 32.1. The van der Waals surface area contributed by atoms with Crippen LogP contribution >= 0.6 is 12.6 Å². The van der Waals surface area contributed by atoms with Crippen molar-refractivity contribution >= 4 is 18.3 Å². The van der Waals surface area contributed by atoms with Crippen LogP contribution in [0, 0.1) is 5.92 Å². The van der Waals surface area contributed by atoms with Gasteiger partial charge in [0.15, 0.2) is 0 Å². The summed E-state index contributed by atoms with van der Waals surface area (Å²) >= 11 is 4.79. The molecule has 2 unspecified atom stereocenters. The normalized spacial score (nSPS) is 24.2. The van der Waals surface area contributed by atoms with Crippen LogP contribution in [-0.2, 0) is 0 Å². The summed E-state index contributed by atoms with van der Waals surface area (Å²) in [5.41, 5.74) is 2.68. The van der Waals surface area contributed by atoms with Gasteiger partial charge in [-0.3, -0.25) is 4.99 Å². The summed E-state index contributed by atoms with van der Waals surface area (Å²) in [7, 11) is 0. The SMILES string of the molecule is C=CN=C(C)C(C1=C(S)CCCC1)C(C)NC1CCCCC1. The number of nitrogens with one attached hydrogen (secondary N) is 1. The third-order valence-electron chi connectivity index (χ3n) is 5.20. The molecule has 3 heteroatoms. The molecule has 0 aromatic heterocycles. The Morgan fingerprint density at radius 1 is 1.23 bits per heavy atom. The predicted octanol–water partition coefficient (Wildman–Crippen LogP) is 5.28. The highest BCUT2D eigenvalue weighted by molar-refractivity contribution is 7.84. The largest absolute Gasteiger partial charge is 0.311 e. The van der Waals surface area contributed by atoms with E-state index in [0.717, 1.165) is 6.42 Å². The van der Waals surface area contributed by atoms with Crippen LogP contribution in [0.3, 0.4) is 0 Å². The van der Waals surface area contributed by atoms with Gasteiger partial charge in [-0.25, -0.2) is 0 Å². The molecule has 2 aliphatic rings. The first-order chi connectivity index (χ1) is 10.6. The Morgan fingerprint density at radius 3 is 2.55 bits per heavy atom. The second kappa shape index (κ2) is 8.93. The predicted molar refractivity (Wildman–Crippen MR) is 101 cm³/mol. The molecule has 0 aromatic rings. The van der Waals surface area contributed by atoms with E-state index in [9.17, 15) is 0 Å². The average molecular weight is 321 g/mol. The van der Waals surface area contributed by atoms with Crippen LogP contribution in [0.1, 0.15) is 71.6 Å². The molecule has 0 amide bonds. The van der Waals surface area contributed by atoms with E-state index in [2.05, 4.69) is 30.7 Å². The van der Waals surface area contributed by atoms with Crippen molar-refractivity contribution in [3.63, 3.8) is 0 Å². The van der Waals surface area contributed by atoms with Gasteiger partial charge in [-0.1, -0.05) is 31.4 Å². The van der Waals surface area contributed by atoms with E-state index in [1.165, 1.54) is 67.6 Å². The number of thiol groups is 1. The summed E-state index contributed by atoms with van der Waals surface area (Å²) in [5.74, 6) is 0.368. The molecule has 1 fully saturated rings. The molecule has 0 bridgehead atoms. The van der Waals surface area contributed by atoms with Crippen molar-refractivity contribution in [1.29, 1.82) is 0 Å². The number of hydrogen-bond acceptors (Lipinski definition) is 3. The Balaban J connectivity index is 2.15. The van der Waals surface area contributed by atoms with Gasteiger partial charge in [-0.05, 0) is 57.3 Å². The summed E-state index contributed by atoms with van der Waals surface area (Å²) in [6, 6.07) is 1.09. The van der Waals surface area contributed by atoms with Crippen LogP contribution < -0.4 is 5.32 Å². The van der Waals surface area contributed by atoms with Crippen LogP contribution in [0.4, 0.5) is 0 Å². The lowest BCUT2D eigenvalue weighted by Gasteiger charge is -2.34. The summed E-state index contributed by atoms with van der Waals surface area (Å²) in [4.78, 5) is 5.82. The Morgan fingerprint density at radius 2 is 1.91 bits per heavy atom. The molecule has 2 aliphatic carbocycles. The van der Waals surface area contributed by atoms with E-state index in [4.69, 9.17) is 12.6 Å². The Labute approximate surface area is 142 Å². The topological polar surface area (TPSA) is 24.4 Å². The molecule has 22 heavy (non-hydrogen) atoms. The number of aliphatic imine (C=N–C) groups is 1. The zero-order valence-electron chi connectivity index (χ0n) is 14.3. The molecule has 0 aromatic carbocycles. The van der Waals surface area contributed by atoms with E-state index in [-0.39, 0.29) is 0 Å². The number of rotatable bonds is 6. The molecule has 1 N–H and O–H groups in total. The molecule has 0 spiro atoms. The third-order valence-corrected chi connectivity index (χ3v) is 5.72. The highest BCUT2D eigenvalue weighted by Gasteiger charge is 2.29. The molecule has 2 atom stereocenters. The maximum absolute atomic E-state index is 4.79. The van der Waals surface area contributed by atoms with Crippen LogP contribution in [-0.4, -0.2) is 17.8 Å². The second-order valence-corrected chi connectivity index (χ2v) is 7.44. The van der Waals surface area contributed by atoms with Gasteiger partial charge in [0.2, 0.25) is 0 Å². The van der Waals surface area contributed by atoms with Crippen molar-refractivity contribution in [1.82, 2.24) is 5.32 Å². The summed E-state index contributed by atoms with van der Waals surface area (Å²) < 4.78 is 0. The van der Waals surface area contributed by atoms with E-state index in [1.807, 2.05) is 0 Å². The van der Waals surface area contributed by atoms with Gasteiger partial charge in [0, 0.05) is 29.9 Å². The number of hydrogen-bond donors (Lipinski definition) is 2. The average Bonchev–Trinajstić information content (AvgIpc) is 2.51. The van der Waals surface area contributed by atoms with E-state index >= 15 is 0 Å². The molecule has 2 nitrogen and oxygen atoms in total. The molecular formula is C19H32N2S. The quantitative estimate of drug-likeness (QED) is 0.505. The lowest BCUT2D eigenvalue weighted by Crippen LogP contribution is -2.45. The van der Waals surface area contributed by atoms with Gasteiger partial charge in [0.1, 0.15) is 0 Å². The minimum absolute atomic E-state index is 0.368. The van der Waals surface area contributed by atoms with Crippen LogP contribution in [0.2, 0.25) is 0 Å². The zero-order valence-corrected chi connectivity index (χ0v) is 15.2. The Bertz CT molecular complexity index is 433. The van der Waals surface area contributed by atoms with Gasteiger partial charge in [-0.2, -0.15) is 0 Å². The van der Waals surface area contributed by atoms with Crippen molar-refractivity contribution in [3.05, 3.63) is 23.3 Å². The first-order valence-electron chi connectivity index (χ1n) is 8.95. The van der Waals surface area contributed by atoms with Crippen LogP contribution in [0.5, 0.6) is 0 Å². The van der Waals surface area contributed by atoms with Crippen molar-refractivity contribution in [2.24, 2.45) is 10.9 Å². The molecule has 2 rings (SSSR count). The first-order valence-corrected chi connectivity index (χ1v) is 9.40. The van der Waals surface area contributed by atoms with Crippen molar-refractivity contribution in [3.8, 4) is 0 Å². The van der Waals surface area contributed by atoms with Crippen LogP contribution in [0.25, 0.3) is 0 Å². The fourth-order valence-corrected chi connectivity index (χ4v) is 4.53. The zero-order chi connectivity index (χ0) is 15.9. The molecule has 124 valence electrons. The van der Waals surface area contributed by atoms with Gasteiger partial charge in [0.05, 0.1) is 0 Å². The van der Waals surface area contributed by atoms with Gasteiger partial charge in [0.25, 0.3) is 0 Å². The number of allylic oxidation sites excluding steroid dienone is 1. The third kappa shape index (κ3) is 4.73. The highest BCUT2D eigenvalue weighted by Crippen LogP contribution is 2.35. The monoisotopic (exact) mass is 320 g/mol. The maximum atomic E-state index is 4.79. The summed E-state index contributed by atoms with van der Waals surface area (Å²) in [5, 5.41) is 3.89. The van der Waals surface area contributed by atoms with Crippen molar-refractivity contribution in [2.45, 2.75) is 83.7 Å². The fraction of sp³-hybridized carbons (Fsp3) is 0.737. The summed E-state index contributed by atoms with van der Waals surface area (Å²) in [6.07, 6.45) is 13.3. The van der Waals surface area contributed by atoms with Crippen LogP contribution in [0.15, 0.2) is 28.2 Å². The number of nitrogens with zero attached hydrogens (tertiary/aromatic N) is 1. The summed E-state index contributed by atoms with van der Waals surface area (Å²) in [6.45, 7) is 8.25. The van der Waals surface area contributed by atoms with E-state index in [1.54, 1.807) is 6.20 Å².